The molecule has 0 aromatic heterocycles. The molecule has 1 fully saturated rings. The van der Waals surface area contributed by atoms with Crippen molar-refractivity contribution in [1.82, 2.24) is 9.80 Å². The second-order valence-electron chi connectivity index (χ2n) is 5.09. The van der Waals surface area contributed by atoms with Gasteiger partial charge in [-0.2, -0.15) is 5.26 Å². The van der Waals surface area contributed by atoms with E-state index in [9.17, 15) is 4.79 Å². The van der Waals surface area contributed by atoms with Crippen LogP contribution in [0.3, 0.4) is 0 Å². The summed E-state index contributed by atoms with van der Waals surface area (Å²) in [4.78, 5) is 15.8. The van der Waals surface area contributed by atoms with E-state index in [2.05, 4.69) is 11.0 Å². The second kappa shape index (κ2) is 6.72. The van der Waals surface area contributed by atoms with Gasteiger partial charge in [-0.05, 0) is 20.3 Å². The summed E-state index contributed by atoms with van der Waals surface area (Å²) in [7, 11) is 0. The highest BCUT2D eigenvalue weighted by molar-refractivity contribution is 5.77. The summed E-state index contributed by atoms with van der Waals surface area (Å²) in [6.07, 6.45) is 0.928. The monoisotopic (exact) mass is 253 g/mol. The van der Waals surface area contributed by atoms with Gasteiger partial charge in [0.15, 0.2) is 0 Å². The van der Waals surface area contributed by atoms with Crippen LogP contribution >= 0.6 is 0 Å². The third-order valence-electron chi connectivity index (χ3n) is 3.27. The Morgan fingerprint density at radius 3 is 2.44 bits per heavy atom. The lowest BCUT2D eigenvalue weighted by molar-refractivity contribution is -0.138. The van der Waals surface area contributed by atoms with Crippen molar-refractivity contribution >= 4 is 5.91 Å². The van der Waals surface area contributed by atoms with Crippen LogP contribution in [0, 0.1) is 11.3 Å². The van der Waals surface area contributed by atoms with Crippen LogP contribution in [0.5, 0.6) is 0 Å². The number of piperazine rings is 1. The van der Waals surface area contributed by atoms with Gasteiger partial charge in [0.05, 0.1) is 6.07 Å². The van der Waals surface area contributed by atoms with Gasteiger partial charge in [-0.3, -0.25) is 9.69 Å². The number of amides is 1. The summed E-state index contributed by atoms with van der Waals surface area (Å²) in [6.45, 7) is 9.51. The molecule has 0 radical (unpaired) electrons. The number of rotatable bonds is 5. The predicted molar refractivity (Wildman–Crippen MR) is 69.0 cm³/mol. The maximum Gasteiger partial charge on any atom is 0.248 e. The van der Waals surface area contributed by atoms with Crippen molar-refractivity contribution in [1.29, 1.82) is 5.26 Å². The minimum absolute atomic E-state index is 0.0536. The van der Waals surface area contributed by atoms with Gasteiger partial charge >= 0.3 is 0 Å². The Labute approximate surface area is 109 Å². The molecule has 0 aliphatic carbocycles. The van der Waals surface area contributed by atoms with E-state index < -0.39 is 5.54 Å². The number of carbonyl (C=O) groups excluding carboxylic acids is 1. The molecule has 0 aromatic carbocycles. The average molecular weight is 253 g/mol. The number of nitriles is 1. The van der Waals surface area contributed by atoms with Crippen molar-refractivity contribution in [2.24, 2.45) is 0 Å². The molecule has 1 saturated heterocycles. The highest BCUT2D eigenvalue weighted by atomic mass is 16.5. The topological polar surface area (TPSA) is 56.6 Å². The zero-order chi connectivity index (χ0) is 13.6. The van der Waals surface area contributed by atoms with E-state index in [0.29, 0.717) is 19.7 Å². The molecule has 0 saturated carbocycles. The third kappa shape index (κ3) is 3.97. The molecule has 0 spiro atoms. The molecule has 0 atom stereocenters. The third-order valence-corrected chi connectivity index (χ3v) is 3.27. The molecule has 5 nitrogen and oxygen atoms in total. The SMILES string of the molecule is CCCOCC(=O)N1CCN(C(C)(C)C#N)CC1. The smallest absolute Gasteiger partial charge is 0.248 e. The summed E-state index contributed by atoms with van der Waals surface area (Å²) >= 11 is 0. The van der Waals surface area contributed by atoms with E-state index in [1.807, 2.05) is 25.7 Å². The van der Waals surface area contributed by atoms with Crippen LogP contribution in [-0.4, -0.2) is 60.6 Å². The van der Waals surface area contributed by atoms with Gasteiger partial charge in [0.25, 0.3) is 0 Å². The quantitative estimate of drug-likeness (QED) is 0.682. The molecular formula is C13H23N3O2. The Balaban J connectivity index is 2.35. The normalized spacial score (nSPS) is 17.6. The molecule has 0 aromatic rings. The molecule has 1 heterocycles. The Bertz CT molecular complexity index is 315. The molecule has 0 unspecified atom stereocenters. The van der Waals surface area contributed by atoms with Gasteiger partial charge < -0.3 is 9.64 Å². The molecule has 1 aliphatic heterocycles. The van der Waals surface area contributed by atoms with E-state index in [0.717, 1.165) is 19.5 Å². The van der Waals surface area contributed by atoms with Crippen molar-refractivity contribution in [2.75, 3.05) is 39.4 Å². The van der Waals surface area contributed by atoms with E-state index in [-0.39, 0.29) is 12.5 Å². The maximum absolute atomic E-state index is 11.8. The molecule has 1 aliphatic rings. The van der Waals surface area contributed by atoms with Crippen LogP contribution in [0.4, 0.5) is 0 Å². The number of hydrogen-bond acceptors (Lipinski definition) is 4. The van der Waals surface area contributed by atoms with E-state index in [1.165, 1.54) is 0 Å². The van der Waals surface area contributed by atoms with E-state index in [1.54, 1.807) is 0 Å². The molecule has 1 amide bonds. The van der Waals surface area contributed by atoms with Crippen LogP contribution in [-0.2, 0) is 9.53 Å². The van der Waals surface area contributed by atoms with Gasteiger partial charge in [-0.25, -0.2) is 0 Å². The average Bonchev–Trinajstić information content (AvgIpc) is 2.39. The highest BCUT2D eigenvalue weighted by Crippen LogP contribution is 2.15. The Morgan fingerprint density at radius 2 is 1.94 bits per heavy atom. The fourth-order valence-electron chi connectivity index (χ4n) is 1.98. The van der Waals surface area contributed by atoms with Gasteiger partial charge in [0.1, 0.15) is 12.1 Å². The van der Waals surface area contributed by atoms with Crippen molar-refractivity contribution in [3.63, 3.8) is 0 Å². The summed E-state index contributed by atoms with van der Waals surface area (Å²) in [5.41, 5.74) is -0.451. The molecule has 0 N–H and O–H groups in total. The number of carbonyl (C=O) groups is 1. The fraction of sp³-hybridized carbons (Fsp3) is 0.846. The first-order chi connectivity index (χ1) is 8.51. The molecule has 0 bridgehead atoms. The molecule has 102 valence electrons. The first-order valence-corrected chi connectivity index (χ1v) is 6.53. The minimum Gasteiger partial charge on any atom is -0.372 e. The van der Waals surface area contributed by atoms with Crippen molar-refractivity contribution in [2.45, 2.75) is 32.7 Å². The van der Waals surface area contributed by atoms with Crippen LogP contribution in [0.15, 0.2) is 0 Å². The van der Waals surface area contributed by atoms with Gasteiger partial charge in [-0.1, -0.05) is 6.92 Å². The fourth-order valence-corrected chi connectivity index (χ4v) is 1.98. The second-order valence-corrected chi connectivity index (χ2v) is 5.09. The summed E-state index contributed by atoms with van der Waals surface area (Å²) in [6, 6.07) is 2.29. The van der Waals surface area contributed by atoms with Crippen LogP contribution < -0.4 is 0 Å². The summed E-state index contributed by atoms with van der Waals surface area (Å²) in [5, 5.41) is 9.07. The first kappa shape index (κ1) is 14.9. The molecule has 5 heteroatoms. The predicted octanol–water partition coefficient (Wildman–Crippen LogP) is 0.859. The number of nitrogens with zero attached hydrogens (tertiary/aromatic N) is 3. The Hall–Kier alpha value is -1.12. The number of ether oxygens (including phenoxy) is 1. The Kier molecular flexibility index (Phi) is 5.57. The zero-order valence-electron chi connectivity index (χ0n) is 11.6. The van der Waals surface area contributed by atoms with Crippen molar-refractivity contribution in [3.8, 4) is 6.07 Å². The lowest BCUT2D eigenvalue weighted by Gasteiger charge is -2.40. The standard InChI is InChI=1S/C13H23N3O2/c1-4-9-18-10-12(17)15-5-7-16(8-6-15)13(2,3)11-14/h4-10H2,1-3H3. The maximum atomic E-state index is 11.8. The number of hydrogen-bond donors (Lipinski definition) is 0. The van der Waals surface area contributed by atoms with Crippen LogP contribution in [0.1, 0.15) is 27.2 Å². The zero-order valence-corrected chi connectivity index (χ0v) is 11.6. The Morgan fingerprint density at radius 1 is 1.33 bits per heavy atom. The van der Waals surface area contributed by atoms with Crippen molar-refractivity contribution in [3.05, 3.63) is 0 Å². The van der Waals surface area contributed by atoms with Gasteiger partial charge in [0, 0.05) is 32.8 Å². The van der Waals surface area contributed by atoms with Crippen LogP contribution in [0.25, 0.3) is 0 Å². The van der Waals surface area contributed by atoms with Crippen molar-refractivity contribution < 1.29 is 9.53 Å². The summed E-state index contributed by atoms with van der Waals surface area (Å²) in [5.74, 6) is 0.0536. The molecule has 18 heavy (non-hydrogen) atoms. The molecular weight excluding hydrogens is 230 g/mol. The van der Waals surface area contributed by atoms with Gasteiger partial charge in [-0.15, -0.1) is 0 Å². The van der Waals surface area contributed by atoms with E-state index in [4.69, 9.17) is 10.00 Å². The highest BCUT2D eigenvalue weighted by Gasteiger charge is 2.30. The molecule has 1 rings (SSSR count). The first-order valence-electron chi connectivity index (χ1n) is 6.53. The van der Waals surface area contributed by atoms with Gasteiger partial charge in [0.2, 0.25) is 5.91 Å². The minimum atomic E-state index is -0.451. The largest absolute Gasteiger partial charge is 0.372 e. The van der Waals surface area contributed by atoms with E-state index >= 15 is 0 Å². The lowest BCUT2D eigenvalue weighted by atomic mass is 10.0. The lowest BCUT2D eigenvalue weighted by Crippen LogP contribution is -2.55. The summed E-state index contributed by atoms with van der Waals surface area (Å²) < 4.78 is 5.26. The van der Waals surface area contributed by atoms with Crippen LogP contribution in [0.2, 0.25) is 0 Å².